The third-order valence-corrected chi connectivity index (χ3v) is 4.92. The van der Waals surface area contributed by atoms with E-state index in [1.807, 2.05) is 19.9 Å². The maximum absolute atomic E-state index is 12.1. The predicted octanol–water partition coefficient (Wildman–Crippen LogP) is 3.27. The number of aromatic carboxylic acids is 2. The first-order valence-electron chi connectivity index (χ1n) is 8.00. The van der Waals surface area contributed by atoms with Crippen LogP contribution in [0, 0.1) is 13.8 Å². The highest BCUT2D eigenvalue weighted by Crippen LogP contribution is 2.26. The van der Waals surface area contributed by atoms with Crippen molar-refractivity contribution in [3.8, 4) is 5.69 Å². The van der Waals surface area contributed by atoms with Gasteiger partial charge in [-0.1, -0.05) is 12.2 Å². The van der Waals surface area contributed by atoms with Gasteiger partial charge in [-0.2, -0.15) is 0 Å². The van der Waals surface area contributed by atoms with Crippen LogP contribution in [-0.2, 0) is 4.79 Å². The number of carboxylic acids is 2. The van der Waals surface area contributed by atoms with E-state index in [-0.39, 0.29) is 17.0 Å². The predicted molar refractivity (Wildman–Crippen MR) is 112 cm³/mol. The number of carbonyl (C=O) groups excluding carboxylic acids is 1. The number of rotatable bonds is 7. The van der Waals surface area contributed by atoms with Gasteiger partial charge in [0.2, 0.25) is 0 Å². The van der Waals surface area contributed by atoms with Crippen LogP contribution in [0.1, 0.15) is 37.7 Å². The Morgan fingerprint density at radius 3 is 2.11 bits per heavy atom. The second kappa shape index (κ2) is 8.85. The van der Waals surface area contributed by atoms with Gasteiger partial charge in [0.1, 0.15) is 0 Å². The van der Waals surface area contributed by atoms with E-state index in [1.165, 1.54) is 23.9 Å². The molecule has 146 valence electrons. The largest absolute Gasteiger partial charge is 0.478 e. The Kier molecular flexibility index (Phi) is 6.76. The summed E-state index contributed by atoms with van der Waals surface area (Å²) in [5.74, 6) is -2.75. The number of benzene rings is 1. The van der Waals surface area contributed by atoms with Crippen molar-refractivity contribution in [1.29, 1.82) is 0 Å². The summed E-state index contributed by atoms with van der Waals surface area (Å²) in [5, 5.41) is 21.1. The Bertz CT molecular complexity index is 976. The molecule has 2 rings (SSSR count). The minimum Gasteiger partial charge on any atom is -0.478 e. The lowest BCUT2D eigenvalue weighted by Gasteiger charge is -2.12. The minimum absolute atomic E-state index is 0.121. The summed E-state index contributed by atoms with van der Waals surface area (Å²) in [7, 11) is 0. The maximum Gasteiger partial charge on any atom is 0.335 e. The molecular formula is C19H18N2O5S2. The van der Waals surface area contributed by atoms with Gasteiger partial charge in [0.05, 0.1) is 21.5 Å². The monoisotopic (exact) mass is 418 g/mol. The van der Waals surface area contributed by atoms with Crippen LogP contribution in [0.4, 0.5) is 0 Å². The van der Waals surface area contributed by atoms with Crippen molar-refractivity contribution in [1.82, 2.24) is 9.88 Å². The second-order valence-corrected chi connectivity index (χ2v) is 6.93. The molecule has 1 heterocycles. The topological polar surface area (TPSA) is 109 Å². The smallest absolute Gasteiger partial charge is 0.335 e. The van der Waals surface area contributed by atoms with E-state index in [0.29, 0.717) is 10.6 Å². The third kappa shape index (κ3) is 4.49. The minimum atomic E-state index is -1.21. The first-order valence-corrected chi connectivity index (χ1v) is 9.70. The van der Waals surface area contributed by atoms with Gasteiger partial charge in [-0.25, -0.2) is 9.59 Å². The van der Waals surface area contributed by atoms with E-state index in [9.17, 15) is 24.6 Å². The normalized spacial score (nSPS) is 11.2. The van der Waals surface area contributed by atoms with Crippen LogP contribution in [0.25, 0.3) is 11.8 Å². The fourth-order valence-corrected chi connectivity index (χ4v) is 3.40. The summed E-state index contributed by atoms with van der Waals surface area (Å²) in [6.07, 6.45) is 3.47. The van der Waals surface area contributed by atoms with Crippen LogP contribution < -0.4 is 5.32 Å². The number of nitrogens with one attached hydrogen (secondary N) is 1. The first-order chi connectivity index (χ1) is 13.2. The quantitative estimate of drug-likeness (QED) is 0.468. The Morgan fingerprint density at radius 2 is 1.64 bits per heavy atom. The number of carbonyl (C=O) groups is 3. The molecule has 0 saturated carbocycles. The molecule has 0 aliphatic heterocycles. The fourth-order valence-electron chi connectivity index (χ4n) is 2.80. The van der Waals surface area contributed by atoms with E-state index < -0.39 is 11.9 Å². The number of amides is 1. The zero-order valence-corrected chi connectivity index (χ0v) is 17.0. The average molecular weight is 418 g/mol. The van der Waals surface area contributed by atoms with Crippen molar-refractivity contribution in [3.05, 3.63) is 57.2 Å². The van der Waals surface area contributed by atoms with E-state index in [1.54, 1.807) is 16.9 Å². The Balaban J connectivity index is 2.64. The van der Waals surface area contributed by atoms with Crippen molar-refractivity contribution in [2.75, 3.05) is 6.26 Å². The molecule has 0 unspecified atom stereocenters. The van der Waals surface area contributed by atoms with Gasteiger partial charge in [0.25, 0.3) is 5.91 Å². The van der Waals surface area contributed by atoms with Crippen LogP contribution in [0.2, 0.25) is 0 Å². The number of carboxylic acid groups (broad SMARTS) is 2. The average Bonchev–Trinajstić information content (AvgIpc) is 2.92. The Morgan fingerprint density at radius 1 is 1.07 bits per heavy atom. The molecule has 9 heteroatoms. The molecule has 0 spiro atoms. The lowest BCUT2D eigenvalue weighted by molar-refractivity contribution is -0.115. The third-order valence-electron chi connectivity index (χ3n) is 4.06. The highest BCUT2D eigenvalue weighted by atomic mass is 32.2. The molecule has 0 aliphatic rings. The highest BCUT2D eigenvalue weighted by Gasteiger charge is 2.17. The standard InChI is InChI=1S/C19H18N2O5S2/c1-10-4-12(8-16(28-3)17(22)20-9-27)11(2)21(10)15-6-13(18(23)24)5-14(7-15)19(25)26/h4-9H,1-3H3,(H,23,24)(H,25,26)(H,20,22,27)/b16-8+. The van der Waals surface area contributed by atoms with Gasteiger partial charge in [0.15, 0.2) is 0 Å². The molecule has 0 radical (unpaired) electrons. The molecule has 2 aromatic rings. The van der Waals surface area contributed by atoms with Gasteiger partial charge in [-0.15, -0.1) is 11.8 Å². The number of aryl methyl sites for hydroxylation is 1. The number of hydrogen-bond acceptors (Lipinski definition) is 5. The number of thioether (sulfide) groups is 1. The lowest BCUT2D eigenvalue weighted by Crippen LogP contribution is -2.20. The number of thiocarbonyl (C=S) groups is 1. The lowest BCUT2D eigenvalue weighted by atomic mass is 10.1. The van der Waals surface area contributed by atoms with Crippen molar-refractivity contribution in [2.45, 2.75) is 13.8 Å². The molecule has 28 heavy (non-hydrogen) atoms. The van der Waals surface area contributed by atoms with Crippen molar-refractivity contribution in [2.24, 2.45) is 0 Å². The van der Waals surface area contributed by atoms with E-state index in [2.05, 4.69) is 17.5 Å². The SMILES string of the molecule is CS/C(=C/c1cc(C)n(-c2cc(C(=O)O)cc(C(=O)O)c2)c1C)C(=O)NC=S. The summed E-state index contributed by atoms with van der Waals surface area (Å²) in [6, 6.07) is 5.78. The molecule has 1 aromatic heterocycles. The molecule has 0 bridgehead atoms. The molecule has 0 saturated heterocycles. The molecule has 0 fully saturated rings. The van der Waals surface area contributed by atoms with Crippen LogP contribution in [0.15, 0.2) is 29.2 Å². The van der Waals surface area contributed by atoms with Crippen molar-refractivity contribution in [3.63, 3.8) is 0 Å². The van der Waals surface area contributed by atoms with E-state index in [4.69, 9.17) is 0 Å². The summed E-state index contributed by atoms with van der Waals surface area (Å²) in [5.41, 5.74) is 3.56. The van der Waals surface area contributed by atoms with Gasteiger partial charge in [0, 0.05) is 17.1 Å². The van der Waals surface area contributed by atoms with Crippen LogP contribution in [-0.4, -0.2) is 44.4 Å². The highest BCUT2D eigenvalue weighted by molar-refractivity contribution is 8.03. The number of aromatic nitrogens is 1. The Labute approximate surface area is 171 Å². The van der Waals surface area contributed by atoms with Gasteiger partial charge in [-0.3, -0.25) is 4.79 Å². The molecule has 0 aliphatic carbocycles. The first kappa shape index (κ1) is 21.4. The van der Waals surface area contributed by atoms with E-state index in [0.717, 1.165) is 28.5 Å². The van der Waals surface area contributed by atoms with Crippen molar-refractivity contribution < 1.29 is 24.6 Å². The number of hydrogen-bond donors (Lipinski definition) is 3. The summed E-state index contributed by atoms with van der Waals surface area (Å²) < 4.78 is 1.75. The molecule has 7 nitrogen and oxygen atoms in total. The Hall–Kier alpha value is -2.91. The molecule has 0 atom stereocenters. The summed E-state index contributed by atoms with van der Waals surface area (Å²) >= 11 is 5.91. The summed E-state index contributed by atoms with van der Waals surface area (Å²) in [6.45, 7) is 3.62. The van der Waals surface area contributed by atoms with Gasteiger partial charge >= 0.3 is 11.9 Å². The number of nitrogens with zero attached hydrogens (tertiary/aromatic N) is 1. The van der Waals surface area contributed by atoms with Gasteiger partial charge < -0.3 is 20.1 Å². The van der Waals surface area contributed by atoms with Crippen molar-refractivity contribution >= 4 is 53.4 Å². The van der Waals surface area contributed by atoms with Crippen LogP contribution in [0.3, 0.4) is 0 Å². The zero-order chi connectivity index (χ0) is 21.0. The van der Waals surface area contributed by atoms with E-state index >= 15 is 0 Å². The molecule has 1 amide bonds. The van der Waals surface area contributed by atoms with Crippen LogP contribution in [0.5, 0.6) is 0 Å². The fraction of sp³-hybridized carbons (Fsp3) is 0.158. The second-order valence-electron chi connectivity index (χ2n) is 5.84. The maximum atomic E-state index is 12.1. The summed E-state index contributed by atoms with van der Waals surface area (Å²) in [4.78, 5) is 35.3. The molecule has 3 N–H and O–H groups in total. The molecule has 1 aromatic carbocycles. The van der Waals surface area contributed by atoms with Crippen LogP contribution >= 0.6 is 24.0 Å². The van der Waals surface area contributed by atoms with Gasteiger partial charge in [-0.05, 0) is 56.0 Å². The zero-order valence-electron chi connectivity index (χ0n) is 15.3. The molecular weight excluding hydrogens is 400 g/mol.